The van der Waals surface area contributed by atoms with Crippen LogP contribution in [0.1, 0.15) is 12.0 Å². The summed E-state index contributed by atoms with van der Waals surface area (Å²) in [6, 6.07) is 1.79. The molecule has 108 valence electrons. The van der Waals surface area contributed by atoms with Crippen LogP contribution in [0.5, 0.6) is 5.75 Å². The SMILES string of the molecule is Cc1cnc(Cl)c(OCC2CC(CNC(=O)O)=NO2)c1. The van der Waals surface area contributed by atoms with Gasteiger partial charge in [-0.05, 0) is 18.6 Å². The molecular weight excluding hydrogens is 286 g/mol. The molecule has 1 atom stereocenters. The van der Waals surface area contributed by atoms with Crippen LogP contribution in [-0.2, 0) is 4.84 Å². The first kappa shape index (κ1) is 14.4. The maximum absolute atomic E-state index is 10.4. The van der Waals surface area contributed by atoms with Gasteiger partial charge in [0, 0.05) is 12.6 Å². The zero-order chi connectivity index (χ0) is 14.5. The van der Waals surface area contributed by atoms with E-state index >= 15 is 0 Å². The molecule has 1 amide bonds. The van der Waals surface area contributed by atoms with Gasteiger partial charge in [-0.3, -0.25) is 0 Å². The van der Waals surface area contributed by atoms with Crippen molar-refractivity contribution in [1.82, 2.24) is 10.3 Å². The Balaban J connectivity index is 1.79. The van der Waals surface area contributed by atoms with Crippen LogP contribution in [0.15, 0.2) is 17.4 Å². The van der Waals surface area contributed by atoms with Gasteiger partial charge < -0.3 is 20.0 Å². The summed E-state index contributed by atoms with van der Waals surface area (Å²) in [5, 5.41) is 14.8. The average Bonchev–Trinajstić information content (AvgIpc) is 2.85. The minimum absolute atomic E-state index is 0.151. The Morgan fingerprint density at radius 1 is 1.70 bits per heavy atom. The van der Waals surface area contributed by atoms with E-state index in [0.29, 0.717) is 23.0 Å². The van der Waals surface area contributed by atoms with Gasteiger partial charge in [0.25, 0.3) is 0 Å². The van der Waals surface area contributed by atoms with Crippen molar-refractivity contribution in [3.8, 4) is 5.75 Å². The zero-order valence-electron chi connectivity index (χ0n) is 10.8. The predicted octanol–water partition coefficient (Wildman–Crippen LogP) is 1.83. The molecular formula is C12H14ClN3O4. The number of nitrogens with zero attached hydrogens (tertiary/aromatic N) is 2. The van der Waals surface area contributed by atoms with Crippen molar-refractivity contribution < 1.29 is 19.5 Å². The van der Waals surface area contributed by atoms with Crippen LogP contribution in [0.25, 0.3) is 0 Å². The van der Waals surface area contributed by atoms with Crippen LogP contribution in [0.2, 0.25) is 5.15 Å². The van der Waals surface area contributed by atoms with E-state index in [9.17, 15) is 4.79 Å². The standard InChI is InChI=1S/C12H14ClN3O4/c1-7-2-10(11(13)14-4-7)19-6-9-3-8(16-20-9)5-15-12(17)18/h2,4,9,15H,3,5-6H2,1H3,(H,17,18). The molecule has 0 spiro atoms. The second-order valence-corrected chi connectivity index (χ2v) is 4.72. The number of aromatic nitrogens is 1. The molecule has 1 unspecified atom stereocenters. The van der Waals surface area contributed by atoms with Crippen LogP contribution in [0.4, 0.5) is 4.79 Å². The fraction of sp³-hybridized carbons (Fsp3) is 0.417. The molecule has 1 aliphatic heterocycles. The predicted molar refractivity (Wildman–Crippen MR) is 72.4 cm³/mol. The zero-order valence-corrected chi connectivity index (χ0v) is 11.6. The first-order valence-electron chi connectivity index (χ1n) is 5.98. The molecule has 0 bridgehead atoms. The maximum Gasteiger partial charge on any atom is 0.404 e. The Kier molecular flexibility index (Phi) is 4.62. The van der Waals surface area contributed by atoms with E-state index in [1.54, 1.807) is 12.3 Å². The van der Waals surface area contributed by atoms with Gasteiger partial charge in [0.2, 0.25) is 0 Å². The van der Waals surface area contributed by atoms with Crippen molar-refractivity contribution in [3.63, 3.8) is 0 Å². The summed E-state index contributed by atoms with van der Waals surface area (Å²) in [7, 11) is 0. The molecule has 2 N–H and O–H groups in total. The molecule has 0 saturated carbocycles. The van der Waals surface area contributed by atoms with Crippen LogP contribution in [0.3, 0.4) is 0 Å². The number of hydrogen-bond donors (Lipinski definition) is 2. The third kappa shape index (κ3) is 3.99. The van der Waals surface area contributed by atoms with Crippen molar-refractivity contribution in [3.05, 3.63) is 23.0 Å². The van der Waals surface area contributed by atoms with E-state index in [-0.39, 0.29) is 19.3 Å². The molecule has 1 aliphatic rings. The first-order valence-corrected chi connectivity index (χ1v) is 6.35. The Morgan fingerprint density at radius 2 is 2.50 bits per heavy atom. The molecule has 1 aromatic rings. The topological polar surface area (TPSA) is 93.0 Å². The van der Waals surface area contributed by atoms with Gasteiger partial charge in [-0.25, -0.2) is 9.78 Å². The third-order valence-electron chi connectivity index (χ3n) is 2.61. The summed E-state index contributed by atoms with van der Waals surface area (Å²) in [5.41, 5.74) is 1.58. The minimum atomic E-state index is -1.09. The Morgan fingerprint density at radius 3 is 3.25 bits per heavy atom. The van der Waals surface area contributed by atoms with Gasteiger partial charge in [0.05, 0.1) is 12.3 Å². The quantitative estimate of drug-likeness (QED) is 0.809. The molecule has 0 radical (unpaired) electrons. The van der Waals surface area contributed by atoms with Gasteiger partial charge in [0.15, 0.2) is 17.0 Å². The van der Waals surface area contributed by atoms with Crippen molar-refractivity contribution in [1.29, 1.82) is 0 Å². The second kappa shape index (κ2) is 6.42. The highest BCUT2D eigenvalue weighted by atomic mass is 35.5. The number of amides is 1. The lowest BCUT2D eigenvalue weighted by Crippen LogP contribution is -2.28. The highest BCUT2D eigenvalue weighted by Crippen LogP contribution is 2.23. The first-order chi connectivity index (χ1) is 9.54. The van der Waals surface area contributed by atoms with Gasteiger partial charge in [-0.15, -0.1) is 0 Å². The highest BCUT2D eigenvalue weighted by Gasteiger charge is 2.22. The molecule has 0 aromatic carbocycles. The van der Waals surface area contributed by atoms with Crippen LogP contribution >= 0.6 is 11.6 Å². The lowest BCUT2D eigenvalue weighted by atomic mass is 10.2. The van der Waals surface area contributed by atoms with Crippen molar-refractivity contribution in [2.75, 3.05) is 13.2 Å². The van der Waals surface area contributed by atoms with Gasteiger partial charge >= 0.3 is 6.09 Å². The lowest BCUT2D eigenvalue weighted by Gasteiger charge is -2.11. The van der Waals surface area contributed by atoms with Gasteiger partial charge in [-0.2, -0.15) is 0 Å². The maximum atomic E-state index is 10.4. The fourth-order valence-corrected chi connectivity index (χ4v) is 1.83. The summed E-state index contributed by atoms with van der Waals surface area (Å²) in [4.78, 5) is 19.5. The number of nitrogens with one attached hydrogen (secondary N) is 1. The molecule has 8 heteroatoms. The van der Waals surface area contributed by atoms with E-state index in [1.165, 1.54) is 0 Å². The molecule has 2 rings (SSSR count). The summed E-state index contributed by atoms with van der Waals surface area (Å²) < 4.78 is 5.55. The number of halogens is 1. The van der Waals surface area contributed by atoms with E-state index in [4.69, 9.17) is 26.3 Å². The molecule has 0 fully saturated rings. The fourth-order valence-electron chi connectivity index (χ4n) is 1.67. The Bertz CT molecular complexity index is 535. The number of ether oxygens (including phenoxy) is 1. The molecule has 7 nitrogen and oxygen atoms in total. The Hall–Kier alpha value is -2.02. The van der Waals surface area contributed by atoms with Crippen molar-refractivity contribution >= 4 is 23.4 Å². The van der Waals surface area contributed by atoms with Crippen LogP contribution in [-0.4, -0.2) is 41.2 Å². The highest BCUT2D eigenvalue weighted by molar-refractivity contribution is 6.30. The molecule has 20 heavy (non-hydrogen) atoms. The average molecular weight is 300 g/mol. The van der Waals surface area contributed by atoms with Crippen LogP contribution in [0, 0.1) is 6.92 Å². The summed E-state index contributed by atoms with van der Waals surface area (Å²) in [5.74, 6) is 0.493. The smallest absolute Gasteiger partial charge is 0.404 e. The number of carbonyl (C=O) groups is 1. The second-order valence-electron chi connectivity index (χ2n) is 4.36. The van der Waals surface area contributed by atoms with Crippen molar-refractivity contribution in [2.24, 2.45) is 5.16 Å². The number of aryl methyl sites for hydroxylation is 1. The molecule has 0 aliphatic carbocycles. The van der Waals surface area contributed by atoms with Crippen molar-refractivity contribution in [2.45, 2.75) is 19.4 Å². The monoisotopic (exact) mass is 299 g/mol. The number of carboxylic acid groups (broad SMARTS) is 1. The number of hydrogen-bond acceptors (Lipinski definition) is 5. The minimum Gasteiger partial charge on any atom is -0.486 e. The summed E-state index contributed by atoms with van der Waals surface area (Å²) in [6.45, 7) is 2.31. The van der Waals surface area contributed by atoms with Gasteiger partial charge in [0.1, 0.15) is 6.61 Å². The Labute approximate surface area is 120 Å². The number of rotatable bonds is 5. The number of pyridine rings is 1. The normalized spacial score (nSPS) is 17.3. The molecule has 1 aromatic heterocycles. The molecule has 2 heterocycles. The van der Waals surface area contributed by atoms with E-state index in [2.05, 4.69) is 15.5 Å². The van der Waals surface area contributed by atoms with E-state index in [1.807, 2.05) is 6.92 Å². The van der Waals surface area contributed by atoms with E-state index in [0.717, 1.165) is 5.56 Å². The largest absolute Gasteiger partial charge is 0.486 e. The van der Waals surface area contributed by atoms with Crippen LogP contribution < -0.4 is 10.1 Å². The lowest BCUT2D eigenvalue weighted by molar-refractivity contribution is 0.0470. The number of oxime groups is 1. The van der Waals surface area contributed by atoms with Gasteiger partial charge in [-0.1, -0.05) is 16.8 Å². The third-order valence-corrected chi connectivity index (χ3v) is 2.89. The summed E-state index contributed by atoms with van der Waals surface area (Å²) >= 11 is 5.91. The molecule has 0 saturated heterocycles. The van der Waals surface area contributed by atoms with E-state index < -0.39 is 6.09 Å². The summed E-state index contributed by atoms with van der Waals surface area (Å²) in [6.07, 6.45) is 0.819.